The van der Waals surface area contributed by atoms with E-state index in [-0.39, 0.29) is 16.8 Å². The lowest BCUT2D eigenvalue weighted by Gasteiger charge is -2.26. The Labute approximate surface area is 401 Å². The molecule has 0 fully saturated rings. The number of hydrogen-bond acceptors (Lipinski definition) is 6. The van der Waals surface area contributed by atoms with Crippen molar-refractivity contribution in [2.24, 2.45) is 0 Å². The van der Waals surface area contributed by atoms with Crippen LogP contribution in [0, 0.1) is 0 Å². The van der Waals surface area contributed by atoms with Crippen LogP contribution in [-0.4, -0.2) is 23.6 Å². The summed E-state index contributed by atoms with van der Waals surface area (Å²) in [5, 5.41) is 11.3. The molecule has 69 heavy (non-hydrogen) atoms. The molecule has 0 spiro atoms. The minimum absolute atomic E-state index is 0.103. The molecule has 4 amide bonds. The van der Waals surface area contributed by atoms with Gasteiger partial charge >= 0.3 is 0 Å². The molecular formula is C59H48N4O6. The molecule has 8 aromatic carbocycles. The minimum Gasteiger partial charge on any atom is -0.457 e. The van der Waals surface area contributed by atoms with Crippen molar-refractivity contribution in [1.29, 1.82) is 0 Å². The molecule has 0 radical (unpaired) electrons. The summed E-state index contributed by atoms with van der Waals surface area (Å²) in [7, 11) is 0. The van der Waals surface area contributed by atoms with Gasteiger partial charge in [-0.05, 0) is 131 Å². The molecule has 0 aliphatic rings. The van der Waals surface area contributed by atoms with Gasteiger partial charge in [0.05, 0.1) is 0 Å². The normalized spacial score (nSPS) is 11.4. The molecule has 0 unspecified atom stereocenters. The van der Waals surface area contributed by atoms with Gasteiger partial charge in [-0.3, -0.25) is 19.2 Å². The Morgan fingerprint density at radius 1 is 0.377 bits per heavy atom. The maximum Gasteiger partial charge on any atom is 0.272 e. The van der Waals surface area contributed by atoms with Gasteiger partial charge in [0.2, 0.25) is 0 Å². The van der Waals surface area contributed by atoms with Gasteiger partial charge in [0.1, 0.15) is 34.4 Å². The molecule has 0 aromatic heterocycles. The van der Waals surface area contributed by atoms with E-state index in [4.69, 9.17) is 9.47 Å². The van der Waals surface area contributed by atoms with Crippen molar-refractivity contribution in [1.82, 2.24) is 10.6 Å². The van der Waals surface area contributed by atoms with Gasteiger partial charge in [0.25, 0.3) is 23.6 Å². The summed E-state index contributed by atoms with van der Waals surface area (Å²) in [5.41, 5.74) is 5.49. The maximum atomic E-state index is 13.5. The quantitative estimate of drug-likeness (QED) is 0.0713. The van der Waals surface area contributed by atoms with Gasteiger partial charge in [-0.2, -0.15) is 0 Å². The van der Waals surface area contributed by atoms with Crippen LogP contribution < -0.4 is 30.7 Å². The fourth-order valence-electron chi connectivity index (χ4n) is 7.24. The number of ether oxygens (including phenoxy) is 2. The number of rotatable bonds is 16. The van der Waals surface area contributed by atoms with Gasteiger partial charge in [-0.25, -0.2) is 0 Å². The third-order valence-corrected chi connectivity index (χ3v) is 11.1. The van der Waals surface area contributed by atoms with E-state index in [0.29, 0.717) is 45.5 Å². The number of benzene rings is 8. The van der Waals surface area contributed by atoms with Crippen LogP contribution in [0.5, 0.6) is 23.0 Å². The van der Waals surface area contributed by atoms with Crippen LogP contribution in [0.1, 0.15) is 56.8 Å². The van der Waals surface area contributed by atoms with Crippen molar-refractivity contribution in [3.05, 3.63) is 263 Å². The van der Waals surface area contributed by atoms with E-state index >= 15 is 0 Å². The highest BCUT2D eigenvalue weighted by Crippen LogP contribution is 2.35. The third-order valence-electron chi connectivity index (χ3n) is 11.1. The predicted octanol–water partition coefficient (Wildman–Crippen LogP) is 12.4. The second-order valence-corrected chi connectivity index (χ2v) is 16.4. The minimum atomic E-state index is -0.470. The van der Waals surface area contributed by atoms with Crippen LogP contribution in [0.25, 0.3) is 12.2 Å². The second kappa shape index (κ2) is 21.8. The summed E-state index contributed by atoms with van der Waals surface area (Å²) in [6, 6.07) is 66.0. The number of nitrogens with one attached hydrogen (secondary N) is 4. The summed E-state index contributed by atoms with van der Waals surface area (Å²) in [6.45, 7) is 4.31. The summed E-state index contributed by atoms with van der Waals surface area (Å²) in [6.07, 6.45) is 3.27. The molecular weight excluding hydrogens is 861 g/mol. The van der Waals surface area contributed by atoms with Gasteiger partial charge in [-0.1, -0.05) is 135 Å². The molecule has 340 valence electrons. The first-order chi connectivity index (χ1) is 33.6. The zero-order valence-corrected chi connectivity index (χ0v) is 37.9. The van der Waals surface area contributed by atoms with E-state index in [2.05, 4.69) is 35.1 Å². The Morgan fingerprint density at radius 3 is 0.986 bits per heavy atom. The van der Waals surface area contributed by atoms with Gasteiger partial charge in [0.15, 0.2) is 0 Å². The van der Waals surface area contributed by atoms with E-state index in [1.165, 1.54) is 0 Å². The Kier molecular flexibility index (Phi) is 14.6. The average Bonchev–Trinajstić information content (AvgIpc) is 3.38. The fraction of sp³-hybridized carbons (Fsp3) is 0.0508. The van der Waals surface area contributed by atoms with E-state index in [0.717, 1.165) is 22.3 Å². The Balaban J connectivity index is 0.851. The number of hydrogen-bond donors (Lipinski definition) is 4. The standard InChI is InChI=1S/C59H48N4O6/c1-59(2,45-23-31-49(32-24-45)68-51-35-27-47(28-36-51)60-57(66)53(39-41-15-7-3-8-16-41)62-55(64)43-19-11-5-12-20-43)46-25-33-50(34-26-46)69-52-37-29-48(30-38-52)61-58(67)54(40-42-17-9-4-10-18-42)63-56(65)44-21-13-6-14-22-44/h3-40H,1-2H3,(H,60,66)(H,61,67)(H,62,64)(H,63,65)/b53-39-,54-40+. The lowest BCUT2D eigenvalue weighted by atomic mass is 9.78. The Bertz CT molecular complexity index is 2870. The molecule has 0 aliphatic carbocycles. The number of amides is 4. The average molecular weight is 909 g/mol. The van der Waals surface area contributed by atoms with E-state index in [1.54, 1.807) is 109 Å². The molecule has 0 aliphatic heterocycles. The van der Waals surface area contributed by atoms with E-state index in [9.17, 15) is 19.2 Å². The van der Waals surface area contributed by atoms with E-state index in [1.807, 2.05) is 121 Å². The van der Waals surface area contributed by atoms with Crippen LogP contribution in [-0.2, 0) is 15.0 Å². The zero-order valence-electron chi connectivity index (χ0n) is 37.9. The maximum absolute atomic E-state index is 13.5. The lowest BCUT2D eigenvalue weighted by molar-refractivity contribution is -0.113. The predicted molar refractivity (Wildman–Crippen MR) is 272 cm³/mol. The first kappa shape index (κ1) is 46.3. The summed E-state index contributed by atoms with van der Waals surface area (Å²) in [4.78, 5) is 52.9. The number of carbonyl (C=O) groups excluding carboxylic acids is 4. The third kappa shape index (κ3) is 12.5. The lowest BCUT2D eigenvalue weighted by Crippen LogP contribution is -2.30. The van der Waals surface area contributed by atoms with Crippen molar-refractivity contribution in [2.45, 2.75) is 19.3 Å². The van der Waals surface area contributed by atoms with Gasteiger partial charge in [-0.15, -0.1) is 0 Å². The van der Waals surface area contributed by atoms with Crippen LogP contribution in [0.4, 0.5) is 11.4 Å². The van der Waals surface area contributed by atoms with Gasteiger partial charge in [0, 0.05) is 27.9 Å². The molecule has 0 saturated carbocycles. The molecule has 0 saturated heterocycles. The van der Waals surface area contributed by atoms with Crippen LogP contribution in [0.3, 0.4) is 0 Å². The van der Waals surface area contributed by atoms with Crippen LogP contribution in [0.2, 0.25) is 0 Å². The first-order valence-electron chi connectivity index (χ1n) is 22.2. The van der Waals surface area contributed by atoms with Crippen molar-refractivity contribution in [3.63, 3.8) is 0 Å². The first-order valence-corrected chi connectivity index (χ1v) is 22.2. The summed E-state index contributed by atoms with van der Waals surface area (Å²) < 4.78 is 12.3. The SMILES string of the molecule is CC(C)(c1ccc(Oc2ccc(NC(=O)/C(=C/c3ccccc3)NC(=O)c3ccccc3)cc2)cc1)c1ccc(Oc2ccc(NC(=O)/C(=C\c3ccccc3)NC(=O)c3ccccc3)cc2)cc1. The molecule has 0 bridgehead atoms. The number of anilines is 2. The number of carbonyl (C=O) groups is 4. The highest BCUT2D eigenvalue weighted by atomic mass is 16.5. The highest BCUT2D eigenvalue weighted by molar-refractivity contribution is 6.11. The molecule has 4 N–H and O–H groups in total. The Morgan fingerprint density at radius 2 is 0.667 bits per heavy atom. The smallest absolute Gasteiger partial charge is 0.272 e. The summed E-state index contributed by atoms with van der Waals surface area (Å²) >= 11 is 0. The van der Waals surface area contributed by atoms with Crippen molar-refractivity contribution >= 4 is 47.2 Å². The molecule has 0 heterocycles. The highest BCUT2D eigenvalue weighted by Gasteiger charge is 2.24. The topological polar surface area (TPSA) is 135 Å². The largest absolute Gasteiger partial charge is 0.457 e. The fourth-order valence-corrected chi connectivity index (χ4v) is 7.24. The van der Waals surface area contributed by atoms with E-state index < -0.39 is 23.6 Å². The Hall–Kier alpha value is -9.28. The van der Waals surface area contributed by atoms with Gasteiger partial charge < -0.3 is 30.7 Å². The zero-order chi connectivity index (χ0) is 48.0. The van der Waals surface area contributed by atoms with Crippen molar-refractivity contribution in [3.8, 4) is 23.0 Å². The summed E-state index contributed by atoms with van der Waals surface area (Å²) in [5.74, 6) is 0.747. The molecule has 10 heteroatoms. The second-order valence-electron chi connectivity index (χ2n) is 16.4. The van der Waals surface area contributed by atoms with Crippen molar-refractivity contribution < 1.29 is 28.7 Å². The monoisotopic (exact) mass is 908 g/mol. The van der Waals surface area contributed by atoms with Crippen LogP contribution in [0.15, 0.2) is 230 Å². The molecule has 10 nitrogen and oxygen atoms in total. The molecule has 8 aromatic rings. The van der Waals surface area contributed by atoms with Crippen molar-refractivity contribution in [2.75, 3.05) is 10.6 Å². The molecule has 8 rings (SSSR count). The molecule has 0 atom stereocenters. The van der Waals surface area contributed by atoms with Crippen LogP contribution >= 0.6 is 0 Å².